The number of halogens is 2. The van der Waals surface area contributed by atoms with Crippen molar-refractivity contribution in [1.29, 1.82) is 0 Å². The molecule has 0 saturated carbocycles. The molecule has 0 aromatic heterocycles. The van der Waals surface area contributed by atoms with Gasteiger partial charge in [-0.15, -0.1) is 0 Å². The topological polar surface area (TPSA) is 71.1 Å². The molecule has 162 valence electrons. The second kappa shape index (κ2) is 10.0. The Hall–Kier alpha value is -2.44. The van der Waals surface area contributed by atoms with Crippen LogP contribution in [0.3, 0.4) is 0 Å². The lowest BCUT2D eigenvalue weighted by atomic mass is 10.1. The van der Waals surface area contributed by atoms with Crippen molar-refractivity contribution in [1.82, 2.24) is 0 Å². The zero-order valence-electron chi connectivity index (χ0n) is 17.2. The van der Waals surface area contributed by atoms with E-state index < -0.39 is 23.1 Å². The van der Waals surface area contributed by atoms with Crippen molar-refractivity contribution in [3.63, 3.8) is 0 Å². The van der Waals surface area contributed by atoms with Crippen molar-refractivity contribution in [3.05, 3.63) is 58.6 Å². The Bertz CT molecular complexity index is 787. The van der Waals surface area contributed by atoms with Gasteiger partial charge < -0.3 is 18.9 Å². The quantitative estimate of drug-likeness (QED) is 0.387. The maximum atomic E-state index is 12.3. The summed E-state index contributed by atoms with van der Waals surface area (Å²) in [6.45, 7) is 6.10. The zero-order chi connectivity index (χ0) is 22.4. The van der Waals surface area contributed by atoms with Crippen LogP contribution in [0.25, 0.3) is 0 Å². The summed E-state index contributed by atoms with van der Waals surface area (Å²) in [7, 11) is 0. The van der Waals surface area contributed by atoms with Gasteiger partial charge in [-0.1, -0.05) is 23.2 Å². The normalized spacial score (nSPS) is 11.5. The van der Waals surface area contributed by atoms with E-state index in [0.717, 1.165) is 0 Å². The van der Waals surface area contributed by atoms with Gasteiger partial charge in [0, 0.05) is 10.0 Å². The van der Waals surface area contributed by atoms with Gasteiger partial charge in [0.2, 0.25) is 0 Å². The van der Waals surface area contributed by atoms with Gasteiger partial charge in [-0.05, 0) is 76.2 Å². The molecule has 0 unspecified atom stereocenters. The lowest BCUT2D eigenvalue weighted by Gasteiger charge is -2.25. The largest absolute Gasteiger partial charge is 0.476 e. The molecule has 0 bridgehead atoms. The van der Waals surface area contributed by atoms with Gasteiger partial charge >= 0.3 is 11.9 Å². The predicted molar refractivity (Wildman–Crippen MR) is 114 cm³/mol. The fraction of sp³-hybridized carbons (Fsp3) is 0.364. The Morgan fingerprint density at radius 3 is 1.27 bits per heavy atom. The van der Waals surface area contributed by atoms with Gasteiger partial charge in [0.1, 0.15) is 24.7 Å². The molecular formula is C22H24Cl2O6. The minimum absolute atomic E-state index is 0.116. The summed E-state index contributed by atoms with van der Waals surface area (Å²) in [6.07, 6.45) is 0. The minimum Gasteiger partial charge on any atom is -0.476 e. The highest BCUT2D eigenvalue weighted by Crippen LogP contribution is 2.23. The van der Waals surface area contributed by atoms with E-state index in [-0.39, 0.29) is 13.2 Å². The van der Waals surface area contributed by atoms with Gasteiger partial charge in [-0.2, -0.15) is 0 Å². The predicted octanol–water partition coefficient (Wildman–Crippen LogP) is 5.09. The molecule has 0 aliphatic heterocycles. The highest BCUT2D eigenvalue weighted by Gasteiger charge is 2.33. The first kappa shape index (κ1) is 23.8. The smallest absolute Gasteiger partial charge is 0.350 e. The summed E-state index contributed by atoms with van der Waals surface area (Å²) in [4.78, 5) is 24.6. The Labute approximate surface area is 186 Å². The molecule has 8 heteroatoms. The van der Waals surface area contributed by atoms with Crippen molar-refractivity contribution >= 4 is 35.1 Å². The van der Waals surface area contributed by atoms with E-state index in [1.165, 1.54) is 0 Å². The Kier molecular flexibility index (Phi) is 7.98. The van der Waals surface area contributed by atoms with E-state index in [0.29, 0.717) is 21.5 Å². The van der Waals surface area contributed by atoms with E-state index in [1.54, 1.807) is 76.2 Å². The molecule has 0 aliphatic carbocycles. The highest BCUT2D eigenvalue weighted by molar-refractivity contribution is 6.30. The summed E-state index contributed by atoms with van der Waals surface area (Å²) in [6, 6.07) is 13.3. The highest BCUT2D eigenvalue weighted by atomic mass is 35.5. The molecule has 2 aromatic carbocycles. The lowest BCUT2D eigenvalue weighted by molar-refractivity contribution is -0.168. The maximum Gasteiger partial charge on any atom is 0.350 e. The number of benzene rings is 2. The van der Waals surface area contributed by atoms with Gasteiger partial charge in [0.25, 0.3) is 0 Å². The van der Waals surface area contributed by atoms with E-state index in [4.69, 9.17) is 42.1 Å². The number of rotatable bonds is 9. The van der Waals surface area contributed by atoms with Crippen LogP contribution in [-0.4, -0.2) is 36.4 Å². The minimum atomic E-state index is -1.23. The maximum absolute atomic E-state index is 12.3. The third-order valence-corrected chi connectivity index (χ3v) is 4.41. The van der Waals surface area contributed by atoms with Gasteiger partial charge in [-0.25, -0.2) is 9.59 Å². The zero-order valence-corrected chi connectivity index (χ0v) is 18.8. The van der Waals surface area contributed by atoms with Crippen LogP contribution in [0.4, 0.5) is 0 Å². The third kappa shape index (κ3) is 7.11. The van der Waals surface area contributed by atoms with Crippen LogP contribution >= 0.6 is 23.2 Å². The number of esters is 2. The molecule has 0 aliphatic rings. The van der Waals surface area contributed by atoms with E-state index >= 15 is 0 Å². The molecule has 0 fully saturated rings. The number of hydrogen-bond donors (Lipinski definition) is 0. The first-order valence-electron chi connectivity index (χ1n) is 9.23. The van der Waals surface area contributed by atoms with Crippen LogP contribution in [0.1, 0.15) is 27.7 Å². The van der Waals surface area contributed by atoms with E-state index in [2.05, 4.69) is 0 Å². The molecule has 0 spiro atoms. The average molecular weight is 455 g/mol. The van der Waals surface area contributed by atoms with Gasteiger partial charge in [0.15, 0.2) is 11.2 Å². The van der Waals surface area contributed by atoms with Crippen molar-refractivity contribution in [3.8, 4) is 11.5 Å². The van der Waals surface area contributed by atoms with E-state index in [9.17, 15) is 9.59 Å². The van der Waals surface area contributed by atoms with Crippen LogP contribution in [-0.2, 0) is 19.1 Å². The standard InChI is InChI=1S/C22H24Cl2O6/c1-21(2,29-17-9-5-15(23)6-10-17)19(25)27-13-14-28-20(26)22(3,4)30-18-11-7-16(24)8-12-18/h5-12H,13-14H2,1-4H3. The molecule has 2 aromatic rings. The van der Waals surface area contributed by atoms with Gasteiger partial charge in [-0.3, -0.25) is 0 Å². The van der Waals surface area contributed by atoms with E-state index in [1.807, 2.05) is 0 Å². The molecule has 0 radical (unpaired) electrons. The molecule has 30 heavy (non-hydrogen) atoms. The molecule has 0 heterocycles. The third-order valence-electron chi connectivity index (χ3n) is 3.91. The molecular weight excluding hydrogens is 431 g/mol. The van der Waals surface area contributed by atoms with Crippen LogP contribution < -0.4 is 9.47 Å². The SMILES string of the molecule is CC(C)(Oc1ccc(Cl)cc1)C(=O)OCCOC(=O)C(C)(C)Oc1ccc(Cl)cc1. The first-order chi connectivity index (χ1) is 14.0. The molecule has 0 atom stereocenters. The second-order valence-electron chi connectivity index (χ2n) is 7.40. The number of hydrogen-bond acceptors (Lipinski definition) is 6. The van der Waals surface area contributed by atoms with Crippen LogP contribution in [0.15, 0.2) is 48.5 Å². The summed E-state index contributed by atoms with van der Waals surface area (Å²) >= 11 is 11.7. The summed E-state index contributed by atoms with van der Waals surface area (Å²) in [5, 5.41) is 1.13. The Morgan fingerprint density at radius 2 is 0.967 bits per heavy atom. The van der Waals surface area contributed by atoms with Crippen LogP contribution in [0, 0.1) is 0 Å². The number of ether oxygens (including phenoxy) is 4. The lowest BCUT2D eigenvalue weighted by Crippen LogP contribution is -2.41. The fourth-order valence-electron chi connectivity index (χ4n) is 2.29. The van der Waals surface area contributed by atoms with Crippen LogP contribution in [0.2, 0.25) is 10.0 Å². The molecule has 0 saturated heterocycles. The molecule has 0 amide bonds. The van der Waals surface area contributed by atoms with Crippen molar-refractivity contribution < 1.29 is 28.5 Å². The summed E-state index contributed by atoms with van der Waals surface area (Å²) in [5.74, 6) is -0.224. The van der Waals surface area contributed by atoms with Crippen molar-refractivity contribution in [2.24, 2.45) is 0 Å². The molecule has 2 rings (SSSR count). The Morgan fingerprint density at radius 1 is 0.667 bits per heavy atom. The molecule has 6 nitrogen and oxygen atoms in total. The monoisotopic (exact) mass is 454 g/mol. The molecule has 0 N–H and O–H groups in total. The first-order valence-corrected chi connectivity index (χ1v) is 9.99. The van der Waals surface area contributed by atoms with Gasteiger partial charge in [0.05, 0.1) is 0 Å². The van der Waals surface area contributed by atoms with Crippen LogP contribution in [0.5, 0.6) is 11.5 Å². The second-order valence-corrected chi connectivity index (χ2v) is 8.28. The summed E-state index contributed by atoms with van der Waals surface area (Å²) < 4.78 is 21.7. The number of carbonyl (C=O) groups excluding carboxylic acids is 2. The average Bonchev–Trinajstić information content (AvgIpc) is 2.68. The Balaban J connectivity index is 1.78. The van der Waals surface area contributed by atoms with Crippen molar-refractivity contribution in [2.75, 3.05) is 13.2 Å². The number of carbonyl (C=O) groups is 2. The summed E-state index contributed by atoms with van der Waals surface area (Å²) in [5.41, 5.74) is -2.45. The fourth-order valence-corrected chi connectivity index (χ4v) is 2.55. The van der Waals surface area contributed by atoms with Crippen molar-refractivity contribution in [2.45, 2.75) is 38.9 Å².